The molecule has 0 saturated carbocycles. The maximum atomic E-state index is 12.9. The van der Waals surface area contributed by atoms with Gasteiger partial charge in [-0.25, -0.2) is 4.79 Å². The Balaban J connectivity index is 2.74. The van der Waals surface area contributed by atoms with E-state index in [1.807, 2.05) is 13.8 Å². The van der Waals surface area contributed by atoms with Crippen LogP contribution in [0.15, 0.2) is 29.3 Å². The quantitative estimate of drug-likeness (QED) is 0.0794. The number of hydrogen-bond acceptors (Lipinski definition) is 7. The SMILES string of the molecule is CC(C)CC(NC(=O)C(N)CCCN=C(N)N)C(=O)NC(C)C(=O)NC(Cc1ccc(O)cc1)C(=O)O. The molecule has 13 heteroatoms. The Morgan fingerprint density at radius 1 is 0.919 bits per heavy atom. The third-order valence-electron chi connectivity index (χ3n) is 5.39. The monoisotopic (exact) mass is 521 g/mol. The van der Waals surface area contributed by atoms with Crippen molar-refractivity contribution >= 4 is 29.7 Å². The number of aliphatic carboxylic acids is 1. The number of guanidine groups is 1. The van der Waals surface area contributed by atoms with E-state index in [-0.39, 0.29) is 24.0 Å². The smallest absolute Gasteiger partial charge is 0.326 e. The molecule has 0 fully saturated rings. The van der Waals surface area contributed by atoms with Crippen LogP contribution in [0.2, 0.25) is 0 Å². The van der Waals surface area contributed by atoms with Gasteiger partial charge < -0.3 is 43.4 Å². The van der Waals surface area contributed by atoms with Gasteiger partial charge in [-0.15, -0.1) is 0 Å². The fourth-order valence-corrected chi connectivity index (χ4v) is 3.38. The van der Waals surface area contributed by atoms with Crippen molar-refractivity contribution in [1.29, 1.82) is 0 Å². The maximum absolute atomic E-state index is 12.9. The number of carboxylic acids is 1. The number of hydrogen-bond donors (Lipinski definition) is 8. The highest BCUT2D eigenvalue weighted by Crippen LogP contribution is 2.12. The van der Waals surface area contributed by atoms with E-state index in [2.05, 4.69) is 20.9 Å². The first-order valence-electron chi connectivity index (χ1n) is 12.0. The number of benzene rings is 1. The number of amides is 3. The van der Waals surface area contributed by atoms with Crippen LogP contribution in [0.5, 0.6) is 5.75 Å². The van der Waals surface area contributed by atoms with Crippen LogP contribution in [0, 0.1) is 5.92 Å². The van der Waals surface area contributed by atoms with Crippen LogP contribution in [0.4, 0.5) is 0 Å². The van der Waals surface area contributed by atoms with Gasteiger partial charge in [-0.2, -0.15) is 0 Å². The minimum Gasteiger partial charge on any atom is -0.508 e. The molecular formula is C24H39N7O6. The lowest BCUT2D eigenvalue weighted by atomic mass is 10.0. The first-order valence-corrected chi connectivity index (χ1v) is 12.0. The minimum atomic E-state index is -1.25. The van der Waals surface area contributed by atoms with Gasteiger partial charge in [-0.3, -0.25) is 19.4 Å². The summed E-state index contributed by atoms with van der Waals surface area (Å²) in [6.07, 6.45) is 1.05. The average Bonchev–Trinajstić information content (AvgIpc) is 2.81. The van der Waals surface area contributed by atoms with Crippen molar-refractivity contribution in [1.82, 2.24) is 16.0 Å². The third kappa shape index (κ3) is 12.1. The standard InChI is InChI=1S/C24H39N7O6/c1-13(2)11-18(30-21(34)17(25)5-4-10-28-24(26)27)22(35)29-14(3)20(33)31-19(23(36)37)12-15-6-8-16(32)9-7-15/h6-9,13-14,17-19,32H,4-5,10-12,25H2,1-3H3,(H,29,35)(H,30,34)(H,31,33)(H,36,37)(H4,26,27,28). The lowest BCUT2D eigenvalue weighted by Gasteiger charge is -2.24. The van der Waals surface area contributed by atoms with Gasteiger partial charge in [0.2, 0.25) is 17.7 Å². The molecule has 13 nitrogen and oxygen atoms in total. The highest BCUT2D eigenvalue weighted by Gasteiger charge is 2.28. The molecule has 0 saturated heterocycles. The topological polar surface area (TPSA) is 235 Å². The number of phenols is 1. The Labute approximate surface area is 216 Å². The van der Waals surface area contributed by atoms with Gasteiger partial charge in [0, 0.05) is 13.0 Å². The third-order valence-corrected chi connectivity index (χ3v) is 5.39. The second-order valence-corrected chi connectivity index (χ2v) is 9.25. The van der Waals surface area contributed by atoms with Crippen molar-refractivity contribution < 1.29 is 29.4 Å². The second-order valence-electron chi connectivity index (χ2n) is 9.25. The molecule has 0 bridgehead atoms. The van der Waals surface area contributed by atoms with Crippen molar-refractivity contribution in [2.75, 3.05) is 6.54 Å². The Kier molecular flexibility index (Phi) is 12.9. The first kappa shape index (κ1) is 31.2. The van der Waals surface area contributed by atoms with Gasteiger partial charge in [-0.1, -0.05) is 26.0 Å². The van der Waals surface area contributed by atoms with Crippen LogP contribution in [-0.4, -0.2) is 70.6 Å². The zero-order valence-corrected chi connectivity index (χ0v) is 21.4. The number of carbonyl (C=O) groups excluding carboxylic acids is 3. The van der Waals surface area contributed by atoms with Crippen molar-refractivity contribution in [3.8, 4) is 5.75 Å². The first-order chi connectivity index (χ1) is 17.3. The zero-order valence-electron chi connectivity index (χ0n) is 21.4. The van der Waals surface area contributed by atoms with Gasteiger partial charge in [0.05, 0.1) is 6.04 Å². The summed E-state index contributed by atoms with van der Waals surface area (Å²) < 4.78 is 0. The van der Waals surface area contributed by atoms with Crippen LogP contribution in [0.3, 0.4) is 0 Å². The average molecular weight is 522 g/mol. The lowest BCUT2D eigenvalue weighted by Crippen LogP contribution is -2.56. The Hall–Kier alpha value is -3.87. The minimum absolute atomic E-state index is 0.0187. The van der Waals surface area contributed by atoms with Gasteiger partial charge in [-0.05, 0) is 49.8 Å². The lowest BCUT2D eigenvalue weighted by molar-refractivity contribution is -0.142. The molecule has 3 amide bonds. The number of aromatic hydroxyl groups is 1. The van der Waals surface area contributed by atoms with E-state index in [1.165, 1.54) is 19.1 Å². The summed E-state index contributed by atoms with van der Waals surface area (Å²) in [5, 5.41) is 26.5. The van der Waals surface area contributed by atoms with E-state index in [0.717, 1.165) is 0 Å². The fourth-order valence-electron chi connectivity index (χ4n) is 3.38. The molecule has 206 valence electrons. The fraction of sp³-hybridized carbons (Fsp3) is 0.542. The van der Waals surface area contributed by atoms with Gasteiger partial charge in [0.15, 0.2) is 5.96 Å². The molecule has 0 spiro atoms. The molecule has 4 atom stereocenters. The molecular weight excluding hydrogens is 482 g/mol. The number of nitrogens with zero attached hydrogens (tertiary/aromatic N) is 1. The molecule has 1 aromatic rings. The summed E-state index contributed by atoms with van der Waals surface area (Å²) in [7, 11) is 0. The Morgan fingerprint density at radius 2 is 1.51 bits per heavy atom. The van der Waals surface area contributed by atoms with Crippen LogP contribution < -0.4 is 33.2 Å². The summed E-state index contributed by atoms with van der Waals surface area (Å²) in [6, 6.07) is 1.78. The number of aliphatic imine (C=N–C) groups is 1. The van der Waals surface area contributed by atoms with Crippen molar-refractivity contribution in [2.45, 2.75) is 70.6 Å². The summed E-state index contributed by atoms with van der Waals surface area (Å²) in [4.78, 5) is 53.6. The molecule has 0 aliphatic carbocycles. The molecule has 1 rings (SSSR count). The number of rotatable bonds is 15. The van der Waals surface area contributed by atoms with Gasteiger partial charge in [0.1, 0.15) is 23.9 Å². The number of nitrogens with one attached hydrogen (secondary N) is 3. The maximum Gasteiger partial charge on any atom is 0.326 e. The van der Waals surface area contributed by atoms with E-state index in [1.54, 1.807) is 12.1 Å². The predicted octanol–water partition coefficient (Wildman–Crippen LogP) is -1.08. The molecule has 0 radical (unpaired) electrons. The predicted molar refractivity (Wildman–Crippen MR) is 138 cm³/mol. The molecule has 0 aromatic heterocycles. The summed E-state index contributed by atoms with van der Waals surface area (Å²) >= 11 is 0. The zero-order chi connectivity index (χ0) is 28.1. The normalized spacial score (nSPS) is 14.1. The van der Waals surface area contributed by atoms with E-state index in [4.69, 9.17) is 17.2 Å². The summed E-state index contributed by atoms with van der Waals surface area (Å²) in [5.74, 6) is -3.06. The van der Waals surface area contributed by atoms with Crippen LogP contribution >= 0.6 is 0 Å². The highest BCUT2D eigenvalue weighted by molar-refractivity contribution is 5.93. The summed E-state index contributed by atoms with van der Waals surface area (Å²) in [6.45, 7) is 5.48. The molecule has 11 N–H and O–H groups in total. The van der Waals surface area contributed by atoms with Crippen molar-refractivity contribution in [3.63, 3.8) is 0 Å². The van der Waals surface area contributed by atoms with Crippen molar-refractivity contribution in [3.05, 3.63) is 29.8 Å². The van der Waals surface area contributed by atoms with E-state index < -0.39 is 47.9 Å². The number of phenolic OH excluding ortho intramolecular Hbond substituents is 1. The second kappa shape index (κ2) is 15.3. The molecule has 37 heavy (non-hydrogen) atoms. The summed E-state index contributed by atoms with van der Waals surface area (Å²) in [5.41, 5.74) is 17.0. The van der Waals surface area contributed by atoms with Crippen LogP contribution in [0.1, 0.15) is 45.6 Å². The van der Waals surface area contributed by atoms with E-state index >= 15 is 0 Å². The Bertz CT molecular complexity index is 947. The number of nitrogens with two attached hydrogens (primary N) is 3. The highest BCUT2D eigenvalue weighted by atomic mass is 16.4. The largest absolute Gasteiger partial charge is 0.508 e. The van der Waals surface area contributed by atoms with Crippen molar-refractivity contribution in [2.24, 2.45) is 28.1 Å². The van der Waals surface area contributed by atoms with Crippen LogP contribution in [0.25, 0.3) is 0 Å². The molecule has 0 aliphatic rings. The number of carbonyl (C=O) groups is 4. The van der Waals surface area contributed by atoms with Gasteiger partial charge in [0.25, 0.3) is 0 Å². The molecule has 0 heterocycles. The van der Waals surface area contributed by atoms with Crippen LogP contribution in [-0.2, 0) is 25.6 Å². The molecule has 1 aromatic carbocycles. The molecule has 0 aliphatic heterocycles. The number of carboxylic acid groups (broad SMARTS) is 1. The Morgan fingerprint density at radius 3 is 2.05 bits per heavy atom. The van der Waals surface area contributed by atoms with E-state index in [0.29, 0.717) is 31.4 Å². The van der Waals surface area contributed by atoms with Gasteiger partial charge >= 0.3 is 5.97 Å². The van der Waals surface area contributed by atoms with E-state index in [9.17, 15) is 29.4 Å². The molecule has 4 unspecified atom stereocenters.